The van der Waals surface area contributed by atoms with Crippen LogP contribution in [-0.4, -0.2) is 31.2 Å². The molecule has 0 bridgehead atoms. The summed E-state index contributed by atoms with van der Waals surface area (Å²) in [6.07, 6.45) is 7.51. The summed E-state index contributed by atoms with van der Waals surface area (Å²) < 4.78 is 0. The highest BCUT2D eigenvalue weighted by molar-refractivity contribution is 7.15. The second-order valence-electron chi connectivity index (χ2n) is 5.67. The van der Waals surface area contributed by atoms with Gasteiger partial charge in [-0.15, -0.1) is 11.3 Å². The Kier molecular flexibility index (Phi) is 3.85. The zero-order chi connectivity index (χ0) is 12.4. The van der Waals surface area contributed by atoms with Gasteiger partial charge in [0.2, 0.25) is 0 Å². The van der Waals surface area contributed by atoms with Gasteiger partial charge in [0.25, 0.3) is 0 Å². The highest BCUT2D eigenvalue weighted by atomic mass is 32.1. The van der Waals surface area contributed by atoms with Crippen LogP contribution in [0.3, 0.4) is 0 Å². The summed E-state index contributed by atoms with van der Waals surface area (Å²) in [5.74, 6) is 1.94. The van der Waals surface area contributed by atoms with Crippen LogP contribution < -0.4 is 10.2 Å². The molecule has 2 aliphatic rings. The molecule has 1 N–H and O–H groups in total. The largest absolute Gasteiger partial charge is 0.348 e. The second-order valence-corrected chi connectivity index (χ2v) is 6.88. The summed E-state index contributed by atoms with van der Waals surface area (Å²) in [7, 11) is 0. The minimum Gasteiger partial charge on any atom is -0.348 e. The van der Waals surface area contributed by atoms with Gasteiger partial charge in [-0.3, -0.25) is 0 Å². The molecular formula is C14H23N3S. The first-order valence-electron chi connectivity index (χ1n) is 7.21. The Labute approximate surface area is 114 Å². The molecule has 0 amide bonds. The van der Waals surface area contributed by atoms with E-state index in [2.05, 4.69) is 22.1 Å². The van der Waals surface area contributed by atoms with Crippen molar-refractivity contribution in [3.05, 3.63) is 11.1 Å². The van der Waals surface area contributed by atoms with E-state index in [0.29, 0.717) is 0 Å². The van der Waals surface area contributed by atoms with E-state index in [-0.39, 0.29) is 0 Å². The SMILES string of the molecule is Cc1cnc(N2CCC(C3CCNCC3)CC2)s1. The first-order chi connectivity index (χ1) is 8.83. The van der Waals surface area contributed by atoms with Crippen LogP contribution in [0.15, 0.2) is 6.20 Å². The number of anilines is 1. The molecule has 0 aromatic carbocycles. The van der Waals surface area contributed by atoms with Gasteiger partial charge in [0.1, 0.15) is 0 Å². The Morgan fingerprint density at radius 2 is 1.83 bits per heavy atom. The Morgan fingerprint density at radius 3 is 2.44 bits per heavy atom. The van der Waals surface area contributed by atoms with Gasteiger partial charge in [0.05, 0.1) is 0 Å². The lowest BCUT2D eigenvalue weighted by Gasteiger charge is -2.37. The first kappa shape index (κ1) is 12.4. The lowest BCUT2D eigenvalue weighted by atomic mass is 9.79. The first-order valence-corrected chi connectivity index (χ1v) is 8.02. The van der Waals surface area contributed by atoms with Gasteiger partial charge >= 0.3 is 0 Å². The van der Waals surface area contributed by atoms with Crippen LogP contribution in [0.25, 0.3) is 0 Å². The number of thiazole rings is 1. The minimum absolute atomic E-state index is 0.962. The van der Waals surface area contributed by atoms with E-state index < -0.39 is 0 Å². The van der Waals surface area contributed by atoms with Crippen LogP contribution in [0, 0.1) is 18.8 Å². The summed E-state index contributed by atoms with van der Waals surface area (Å²) in [5.41, 5.74) is 0. The van der Waals surface area contributed by atoms with Crippen molar-refractivity contribution in [3.8, 4) is 0 Å². The molecule has 0 saturated carbocycles. The molecule has 2 aliphatic heterocycles. The molecule has 3 nitrogen and oxygen atoms in total. The van der Waals surface area contributed by atoms with Crippen molar-refractivity contribution in [1.29, 1.82) is 0 Å². The molecule has 4 heteroatoms. The fourth-order valence-electron chi connectivity index (χ4n) is 3.37. The molecule has 2 saturated heterocycles. The van der Waals surface area contributed by atoms with E-state index in [1.807, 2.05) is 17.5 Å². The van der Waals surface area contributed by atoms with Crippen LogP contribution >= 0.6 is 11.3 Å². The quantitative estimate of drug-likeness (QED) is 0.891. The molecule has 100 valence electrons. The summed E-state index contributed by atoms with van der Waals surface area (Å²) in [5, 5.41) is 4.71. The van der Waals surface area contributed by atoms with Gasteiger partial charge in [-0.05, 0) is 57.5 Å². The van der Waals surface area contributed by atoms with Crippen LogP contribution in [0.5, 0.6) is 0 Å². The normalized spacial score (nSPS) is 23.5. The number of hydrogen-bond donors (Lipinski definition) is 1. The maximum Gasteiger partial charge on any atom is 0.185 e. The number of aromatic nitrogens is 1. The van der Waals surface area contributed by atoms with Gasteiger partial charge < -0.3 is 10.2 Å². The number of hydrogen-bond acceptors (Lipinski definition) is 4. The molecule has 0 radical (unpaired) electrons. The van der Waals surface area contributed by atoms with Crippen molar-refractivity contribution < 1.29 is 0 Å². The third kappa shape index (κ3) is 2.69. The van der Waals surface area contributed by atoms with E-state index in [1.54, 1.807) is 0 Å². The fourth-order valence-corrected chi connectivity index (χ4v) is 4.18. The van der Waals surface area contributed by atoms with Crippen molar-refractivity contribution in [2.45, 2.75) is 32.6 Å². The molecule has 1 aromatic heterocycles. The van der Waals surface area contributed by atoms with Crippen molar-refractivity contribution in [3.63, 3.8) is 0 Å². The van der Waals surface area contributed by atoms with E-state index >= 15 is 0 Å². The van der Waals surface area contributed by atoms with E-state index in [9.17, 15) is 0 Å². The Bertz CT molecular complexity index is 376. The number of rotatable bonds is 2. The fraction of sp³-hybridized carbons (Fsp3) is 0.786. The number of nitrogens with zero attached hydrogens (tertiary/aromatic N) is 2. The second kappa shape index (κ2) is 5.57. The lowest BCUT2D eigenvalue weighted by Crippen LogP contribution is -2.39. The molecule has 3 rings (SSSR count). The maximum atomic E-state index is 4.51. The summed E-state index contributed by atoms with van der Waals surface area (Å²) in [4.78, 5) is 8.32. The zero-order valence-electron chi connectivity index (χ0n) is 11.2. The third-order valence-electron chi connectivity index (χ3n) is 4.47. The van der Waals surface area contributed by atoms with Crippen molar-refractivity contribution in [1.82, 2.24) is 10.3 Å². The lowest BCUT2D eigenvalue weighted by molar-refractivity contribution is 0.222. The van der Waals surface area contributed by atoms with E-state index in [4.69, 9.17) is 0 Å². The Balaban J connectivity index is 1.54. The average molecular weight is 265 g/mol. The number of piperidine rings is 2. The van der Waals surface area contributed by atoms with E-state index in [1.165, 1.54) is 61.9 Å². The van der Waals surface area contributed by atoms with Crippen molar-refractivity contribution in [2.75, 3.05) is 31.1 Å². The van der Waals surface area contributed by atoms with Crippen LogP contribution in [0.2, 0.25) is 0 Å². The molecule has 0 atom stereocenters. The molecule has 0 unspecified atom stereocenters. The average Bonchev–Trinajstić information content (AvgIpc) is 2.87. The summed E-state index contributed by atoms with van der Waals surface area (Å²) in [6.45, 7) is 7.03. The monoisotopic (exact) mass is 265 g/mol. The van der Waals surface area contributed by atoms with Crippen LogP contribution in [-0.2, 0) is 0 Å². The predicted molar refractivity (Wildman–Crippen MR) is 77.4 cm³/mol. The van der Waals surface area contributed by atoms with Gasteiger partial charge in [-0.2, -0.15) is 0 Å². The topological polar surface area (TPSA) is 28.2 Å². The number of aryl methyl sites for hydroxylation is 1. The van der Waals surface area contributed by atoms with Crippen LogP contribution in [0.4, 0.5) is 5.13 Å². The standard InChI is InChI=1S/C14H23N3S/c1-11-10-16-14(18-11)17-8-4-13(5-9-17)12-2-6-15-7-3-12/h10,12-13,15H,2-9H2,1H3. The van der Waals surface area contributed by atoms with E-state index in [0.717, 1.165) is 11.8 Å². The highest BCUT2D eigenvalue weighted by Crippen LogP contribution is 2.33. The van der Waals surface area contributed by atoms with Gasteiger partial charge in [-0.1, -0.05) is 0 Å². The van der Waals surface area contributed by atoms with Crippen LogP contribution in [0.1, 0.15) is 30.6 Å². The molecule has 2 fully saturated rings. The molecule has 0 aliphatic carbocycles. The Morgan fingerprint density at radius 1 is 1.17 bits per heavy atom. The van der Waals surface area contributed by atoms with Gasteiger partial charge in [0.15, 0.2) is 5.13 Å². The Hall–Kier alpha value is -0.610. The third-order valence-corrected chi connectivity index (χ3v) is 5.44. The minimum atomic E-state index is 0.962. The van der Waals surface area contributed by atoms with Gasteiger partial charge in [-0.25, -0.2) is 4.98 Å². The van der Waals surface area contributed by atoms with Crippen molar-refractivity contribution in [2.24, 2.45) is 11.8 Å². The molecule has 0 spiro atoms. The highest BCUT2D eigenvalue weighted by Gasteiger charge is 2.28. The predicted octanol–water partition coefficient (Wildman–Crippen LogP) is 2.67. The maximum absolute atomic E-state index is 4.51. The summed E-state index contributed by atoms with van der Waals surface area (Å²) in [6, 6.07) is 0. The van der Waals surface area contributed by atoms with Crippen molar-refractivity contribution >= 4 is 16.5 Å². The smallest absolute Gasteiger partial charge is 0.185 e. The molecular weight excluding hydrogens is 242 g/mol. The summed E-state index contributed by atoms with van der Waals surface area (Å²) >= 11 is 1.84. The molecule has 1 aromatic rings. The molecule has 18 heavy (non-hydrogen) atoms. The van der Waals surface area contributed by atoms with Gasteiger partial charge in [0, 0.05) is 24.2 Å². The zero-order valence-corrected chi connectivity index (χ0v) is 12.0. The number of nitrogens with one attached hydrogen (secondary N) is 1. The molecule has 3 heterocycles.